The van der Waals surface area contributed by atoms with Crippen molar-refractivity contribution in [3.63, 3.8) is 0 Å². The molecule has 0 saturated heterocycles. The minimum atomic E-state index is 0.943. The number of rotatable bonds is 5. The van der Waals surface area contributed by atoms with Gasteiger partial charge in [-0.3, -0.25) is 4.68 Å². The van der Waals surface area contributed by atoms with Gasteiger partial charge < -0.3 is 5.32 Å². The van der Waals surface area contributed by atoms with E-state index >= 15 is 0 Å². The Morgan fingerprint density at radius 1 is 1.47 bits per heavy atom. The Morgan fingerprint density at radius 3 is 2.93 bits per heavy atom. The van der Waals surface area contributed by atoms with Crippen LogP contribution in [0.1, 0.15) is 31.2 Å². The molecule has 3 heteroatoms. The maximum Gasteiger partial charge on any atom is 0.0522 e. The molecule has 0 aliphatic heterocycles. The van der Waals surface area contributed by atoms with Crippen molar-refractivity contribution < 1.29 is 0 Å². The Kier molecular flexibility index (Phi) is 3.78. The van der Waals surface area contributed by atoms with Crippen LogP contribution in [-0.4, -0.2) is 22.9 Å². The lowest BCUT2D eigenvalue weighted by Crippen LogP contribution is -2.23. The molecule has 1 N–H and O–H groups in total. The van der Waals surface area contributed by atoms with Crippen molar-refractivity contribution in [3.8, 4) is 0 Å². The zero-order valence-corrected chi connectivity index (χ0v) is 9.58. The van der Waals surface area contributed by atoms with E-state index < -0.39 is 0 Å². The van der Waals surface area contributed by atoms with Crippen LogP contribution in [0.4, 0.5) is 0 Å². The molecule has 15 heavy (non-hydrogen) atoms. The highest BCUT2D eigenvalue weighted by Gasteiger charge is 2.13. The molecule has 2 rings (SSSR count). The quantitative estimate of drug-likeness (QED) is 0.745. The Labute approximate surface area is 91.9 Å². The molecule has 0 aromatic carbocycles. The standard InChI is InChI=1S/C12H21N3/c1-15-10-12(9-14-15)6-7-13-8-11-4-2-3-5-11/h9-11,13H,2-8H2,1H3. The van der Waals surface area contributed by atoms with Crippen LogP contribution in [0.25, 0.3) is 0 Å². The van der Waals surface area contributed by atoms with Gasteiger partial charge in [-0.25, -0.2) is 0 Å². The number of aryl methyl sites for hydroxylation is 1. The van der Waals surface area contributed by atoms with Gasteiger partial charge in [0, 0.05) is 13.2 Å². The molecule has 1 heterocycles. The lowest BCUT2D eigenvalue weighted by molar-refractivity contribution is 0.492. The molecule has 0 amide bonds. The summed E-state index contributed by atoms with van der Waals surface area (Å²) in [6.07, 6.45) is 10.9. The van der Waals surface area contributed by atoms with E-state index in [-0.39, 0.29) is 0 Å². The average Bonchev–Trinajstić information content (AvgIpc) is 2.84. The maximum absolute atomic E-state index is 4.16. The summed E-state index contributed by atoms with van der Waals surface area (Å²) in [6.45, 7) is 2.29. The zero-order valence-electron chi connectivity index (χ0n) is 9.58. The molecule has 0 radical (unpaired) electrons. The highest BCUT2D eigenvalue weighted by Crippen LogP contribution is 2.23. The normalized spacial score (nSPS) is 17.4. The molecule has 1 aromatic heterocycles. The fraction of sp³-hybridized carbons (Fsp3) is 0.750. The third-order valence-electron chi connectivity index (χ3n) is 3.26. The third kappa shape index (κ3) is 3.34. The van der Waals surface area contributed by atoms with Crippen LogP contribution in [0.3, 0.4) is 0 Å². The van der Waals surface area contributed by atoms with Crippen LogP contribution in [0.5, 0.6) is 0 Å². The molecule has 0 atom stereocenters. The SMILES string of the molecule is Cn1cc(CCNCC2CCCC2)cn1. The summed E-state index contributed by atoms with van der Waals surface area (Å²) in [6, 6.07) is 0. The van der Waals surface area contributed by atoms with Gasteiger partial charge in [0.25, 0.3) is 0 Å². The first-order valence-corrected chi connectivity index (χ1v) is 6.03. The summed E-state index contributed by atoms with van der Waals surface area (Å²) in [5, 5.41) is 7.71. The van der Waals surface area contributed by atoms with E-state index in [1.807, 2.05) is 17.9 Å². The van der Waals surface area contributed by atoms with Crippen molar-refractivity contribution in [1.82, 2.24) is 15.1 Å². The second-order valence-corrected chi connectivity index (χ2v) is 4.63. The van der Waals surface area contributed by atoms with Gasteiger partial charge in [-0.15, -0.1) is 0 Å². The Balaban J connectivity index is 1.58. The summed E-state index contributed by atoms with van der Waals surface area (Å²) in [5.74, 6) is 0.943. The fourth-order valence-electron chi connectivity index (χ4n) is 2.35. The van der Waals surface area contributed by atoms with E-state index in [9.17, 15) is 0 Å². The molecule has 0 unspecified atom stereocenters. The highest BCUT2D eigenvalue weighted by molar-refractivity contribution is 5.03. The van der Waals surface area contributed by atoms with Gasteiger partial charge in [0.05, 0.1) is 6.20 Å². The molecular weight excluding hydrogens is 186 g/mol. The first-order chi connectivity index (χ1) is 7.34. The largest absolute Gasteiger partial charge is 0.316 e. The summed E-state index contributed by atoms with van der Waals surface area (Å²) < 4.78 is 1.87. The monoisotopic (exact) mass is 207 g/mol. The van der Waals surface area contributed by atoms with Crippen LogP contribution in [0.2, 0.25) is 0 Å². The van der Waals surface area contributed by atoms with E-state index in [0.717, 1.165) is 18.9 Å². The predicted octanol–water partition coefficient (Wildman–Crippen LogP) is 1.74. The van der Waals surface area contributed by atoms with Crippen LogP contribution in [0.15, 0.2) is 12.4 Å². The second-order valence-electron chi connectivity index (χ2n) is 4.63. The smallest absolute Gasteiger partial charge is 0.0522 e. The van der Waals surface area contributed by atoms with Gasteiger partial charge in [0.1, 0.15) is 0 Å². The van der Waals surface area contributed by atoms with E-state index in [1.165, 1.54) is 37.8 Å². The molecule has 1 aliphatic carbocycles. The Hall–Kier alpha value is -0.830. The molecule has 0 bridgehead atoms. The van der Waals surface area contributed by atoms with Gasteiger partial charge in [0.2, 0.25) is 0 Å². The van der Waals surface area contributed by atoms with Gasteiger partial charge in [-0.05, 0) is 43.8 Å². The zero-order chi connectivity index (χ0) is 10.5. The molecule has 1 aliphatic rings. The van der Waals surface area contributed by atoms with Crippen LogP contribution in [-0.2, 0) is 13.5 Å². The summed E-state index contributed by atoms with van der Waals surface area (Å²) >= 11 is 0. The van der Waals surface area contributed by atoms with Crippen LogP contribution >= 0.6 is 0 Å². The summed E-state index contributed by atoms with van der Waals surface area (Å²) in [7, 11) is 1.97. The minimum absolute atomic E-state index is 0.943. The lowest BCUT2D eigenvalue weighted by Gasteiger charge is -2.09. The van der Waals surface area contributed by atoms with Crippen molar-refractivity contribution >= 4 is 0 Å². The van der Waals surface area contributed by atoms with Crippen molar-refractivity contribution in [3.05, 3.63) is 18.0 Å². The fourth-order valence-corrected chi connectivity index (χ4v) is 2.35. The van der Waals surface area contributed by atoms with Gasteiger partial charge in [0.15, 0.2) is 0 Å². The first kappa shape index (κ1) is 10.7. The average molecular weight is 207 g/mol. The molecular formula is C12H21N3. The summed E-state index contributed by atoms with van der Waals surface area (Å²) in [4.78, 5) is 0. The number of hydrogen-bond acceptors (Lipinski definition) is 2. The third-order valence-corrected chi connectivity index (χ3v) is 3.26. The van der Waals surface area contributed by atoms with Gasteiger partial charge in [-0.1, -0.05) is 12.8 Å². The Bertz CT molecular complexity index is 287. The number of hydrogen-bond donors (Lipinski definition) is 1. The highest BCUT2D eigenvalue weighted by atomic mass is 15.2. The second kappa shape index (κ2) is 5.31. The number of aromatic nitrogens is 2. The van der Waals surface area contributed by atoms with Gasteiger partial charge in [-0.2, -0.15) is 5.10 Å². The van der Waals surface area contributed by atoms with Gasteiger partial charge >= 0.3 is 0 Å². The van der Waals surface area contributed by atoms with Crippen molar-refractivity contribution in [2.24, 2.45) is 13.0 Å². The maximum atomic E-state index is 4.16. The van der Waals surface area contributed by atoms with Crippen LogP contribution < -0.4 is 5.32 Å². The molecule has 1 fully saturated rings. The number of nitrogens with one attached hydrogen (secondary N) is 1. The minimum Gasteiger partial charge on any atom is -0.316 e. The number of nitrogens with zero attached hydrogens (tertiary/aromatic N) is 2. The van der Waals surface area contributed by atoms with Crippen molar-refractivity contribution in [1.29, 1.82) is 0 Å². The molecule has 3 nitrogen and oxygen atoms in total. The summed E-state index contributed by atoms with van der Waals surface area (Å²) in [5.41, 5.74) is 1.33. The van der Waals surface area contributed by atoms with E-state index in [4.69, 9.17) is 0 Å². The Morgan fingerprint density at radius 2 is 2.27 bits per heavy atom. The molecule has 0 spiro atoms. The predicted molar refractivity (Wildman–Crippen MR) is 61.7 cm³/mol. The topological polar surface area (TPSA) is 29.9 Å². The van der Waals surface area contributed by atoms with Crippen molar-refractivity contribution in [2.75, 3.05) is 13.1 Å². The van der Waals surface area contributed by atoms with Crippen LogP contribution in [0, 0.1) is 5.92 Å². The van der Waals surface area contributed by atoms with E-state index in [2.05, 4.69) is 16.6 Å². The van der Waals surface area contributed by atoms with E-state index in [0.29, 0.717) is 0 Å². The molecule has 1 saturated carbocycles. The lowest BCUT2D eigenvalue weighted by atomic mass is 10.1. The first-order valence-electron chi connectivity index (χ1n) is 6.03. The van der Waals surface area contributed by atoms with Crippen molar-refractivity contribution in [2.45, 2.75) is 32.1 Å². The molecule has 1 aromatic rings. The van der Waals surface area contributed by atoms with E-state index in [1.54, 1.807) is 0 Å². The molecule has 84 valence electrons.